The number of hydrogen-bond acceptors (Lipinski definition) is 4. The van der Waals surface area contributed by atoms with Crippen LogP contribution < -0.4 is 10.9 Å². The Morgan fingerprint density at radius 2 is 2.35 bits per heavy atom. The Morgan fingerprint density at radius 1 is 1.53 bits per heavy atom. The molecular formula is C12H15N3OS. The van der Waals surface area contributed by atoms with Gasteiger partial charge in [0.2, 0.25) is 0 Å². The summed E-state index contributed by atoms with van der Waals surface area (Å²) in [6.45, 7) is 3.86. The van der Waals surface area contributed by atoms with Gasteiger partial charge in [0.25, 0.3) is 5.56 Å². The van der Waals surface area contributed by atoms with Crippen LogP contribution in [0.1, 0.15) is 23.2 Å². The number of aryl methyl sites for hydroxylation is 1. The first-order chi connectivity index (χ1) is 8.22. The van der Waals surface area contributed by atoms with Crippen molar-refractivity contribution in [1.29, 1.82) is 0 Å². The highest BCUT2D eigenvalue weighted by Gasteiger charge is 2.20. The third kappa shape index (κ3) is 1.53. The molecule has 0 aromatic carbocycles. The smallest absolute Gasteiger partial charge is 0.262 e. The van der Waals surface area contributed by atoms with Gasteiger partial charge >= 0.3 is 0 Å². The lowest BCUT2D eigenvalue weighted by atomic mass is 10.1. The highest BCUT2D eigenvalue weighted by atomic mass is 32.1. The molecule has 0 atom stereocenters. The molecule has 0 bridgehead atoms. The molecule has 2 aromatic heterocycles. The summed E-state index contributed by atoms with van der Waals surface area (Å²) in [6.07, 6.45) is 1.74. The van der Waals surface area contributed by atoms with Crippen molar-refractivity contribution in [1.82, 2.24) is 14.9 Å². The normalized spacial score (nSPS) is 15.2. The van der Waals surface area contributed by atoms with Gasteiger partial charge in [-0.15, -0.1) is 11.3 Å². The van der Waals surface area contributed by atoms with Crippen LogP contribution in [0.25, 0.3) is 10.2 Å². The number of thiophene rings is 1. The fraction of sp³-hybridized carbons (Fsp3) is 0.500. The lowest BCUT2D eigenvalue weighted by molar-refractivity contribution is 0.656. The summed E-state index contributed by atoms with van der Waals surface area (Å²) >= 11 is 1.67. The average Bonchev–Trinajstić information content (AvgIpc) is 2.72. The van der Waals surface area contributed by atoms with Crippen molar-refractivity contribution in [3.63, 3.8) is 0 Å². The number of nitrogens with zero attached hydrogens (tertiary/aromatic N) is 2. The van der Waals surface area contributed by atoms with Crippen molar-refractivity contribution in [3.05, 3.63) is 26.6 Å². The third-order valence-electron chi connectivity index (χ3n) is 3.36. The van der Waals surface area contributed by atoms with Crippen LogP contribution in [-0.2, 0) is 26.4 Å². The van der Waals surface area contributed by atoms with E-state index in [0.29, 0.717) is 0 Å². The van der Waals surface area contributed by atoms with Gasteiger partial charge in [-0.25, -0.2) is 4.98 Å². The van der Waals surface area contributed by atoms with Gasteiger partial charge in [-0.05, 0) is 18.5 Å². The standard InChI is InChI=1S/C12H15N3OS/c1-3-9-14-11-10(12(16)15(9)2)7-4-5-13-6-8(7)17-11/h13H,3-6H2,1-2H3. The minimum absolute atomic E-state index is 0.117. The Labute approximate surface area is 103 Å². The molecule has 1 N–H and O–H groups in total. The summed E-state index contributed by atoms with van der Waals surface area (Å²) in [7, 11) is 1.82. The second-order valence-electron chi connectivity index (χ2n) is 4.36. The van der Waals surface area contributed by atoms with Crippen molar-refractivity contribution in [2.24, 2.45) is 7.05 Å². The lowest BCUT2D eigenvalue weighted by Crippen LogP contribution is -2.25. The molecule has 0 saturated carbocycles. The fourth-order valence-electron chi connectivity index (χ4n) is 2.41. The van der Waals surface area contributed by atoms with Gasteiger partial charge in [-0.2, -0.15) is 0 Å². The van der Waals surface area contributed by atoms with E-state index in [4.69, 9.17) is 0 Å². The van der Waals surface area contributed by atoms with Crippen LogP contribution in [0, 0.1) is 0 Å². The first kappa shape index (κ1) is 10.9. The number of hydrogen-bond donors (Lipinski definition) is 1. The molecule has 3 heterocycles. The number of nitrogens with one attached hydrogen (secondary N) is 1. The molecule has 1 aliphatic heterocycles. The van der Waals surface area contributed by atoms with Gasteiger partial charge in [-0.1, -0.05) is 6.92 Å². The zero-order valence-corrected chi connectivity index (χ0v) is 10.9. The molecule has 0 unspecified atom stereocenters. The van der Waals surface area contributed by atoms with Gasteiger partial charge < -0.3 is 5.32 Å². The maximum Gasteiger partial charge on any atom is 0.262 e. The van der Waals surface area contributed by atoms with Crippen molar-refractivity contribution in [3.8, 4) is 0 Å². The van der Waals surface area contributed by atoms with Gasteiger partial charge in [0.15, 0.2) is 0 Å². The summed E-state index contributed by atoms with van der Waals surface area (Å²) in [6, 6.07) is 0. The molecule has 3 rings (SSSR count). The molecule has 0 spiro atoms. The minimum Gasteiger partial charge on any atom is -0.312 e. The molecule has 0 fully saturated rings. The van der Waals surface area contributed by atoms with Gasteiger partial charge in [-0.3, -0.25) is 9.36 Å². The van der Waals surface area contributed by atoms with E-state index in [0.717, 1.165) is 42.0 Å². The van der Waals surface area contributed by atoms with E-state index in [1.165, 1.54) is 10.4 Å². The van der Waals surface area contributed by atoms with Crippen molar-refractivity contribution in [2.75, 3.05) is 6.54 Å². The average molecular weight is 249 g/mol. The van der Waals surface area contributed by atoms with Gasteiger partial charge in [0, 0.05) is 24.9 Å². The predicted molar refractivity (Wildman–Crippen MR) is 69.6 cm³/mol. The van der Waals surface area contributed by atoms with Gasteiger partial charge in [0.05, 0.1) is 5.39 Å². The summed E-state index contributed by atoms with van der Waals surface area (Å²) in [5.41, 5.74) is 1.34. The molecule has 4 nitrogen and oxygen atoms in total. The van der Waals surface area contributed by atoms with E-state index in [2.05, 4.69) is 10.3 Å². The van der Waals surface area contributed by atoms with Crippen LogP contribution >= 0.6 is 11.3 Å². The van der Waals surface area contributed by atoms with Crippen LogP contribution in [0.2, 0.25) is 0 Å². The van der Waals surface area contributed by atoms with Crippen LogP contribution in [0.4, 0.5) is 0 Å². The number of rotatable bonds is 1. The maximum atomic E-state index is 12.4. The highest BCUT2D eigenvalue weighted by molar-refractivity contribution is 7.18. The van der Waals surface area contributed by atoms with Crippen LogP contribution in [0.3, 0.4) is 0 Å². The second kappa shape index (κ2) is 3.92. The fourth-order valence-corrected chi connectivity index (χ4v) is 3.61. The SMILES string of the molecule is CCc1nc2sc3c(c2c(=O)n1C)CCNC3. The molecule has 0 aliphatic carbocycles. The Morgan fingerprint density at radius 3 is 3.12 bits per heavy atom. The Balaban J connectivity index is 2.39. The van der Waals surface area contributed by atoms with Crippen LogP contribution in [0.15, 0.2) is 4.79 Å². The van der Waals surface area contributed by atoms with E-state index >= 15 is 0 Å². The Hall–Kier alpha value is -1.20. The van der Waals surface area contributed by atoms with Crippen LogP contribution in [-0.4, -0.2) is 16.1 Å². The number of aromatic nitrogens is 2. The zero-order valence-electron chi connectivity index (χ0n) is 10.0. The predicted octanol–water partition coefficient (Wildman–Crippen LogP) is 1.20. The molecule has 5 heteroatoms. The molecule has 0 radical (unpaired) electrons. The topological polar surface area (TPSA) is 46.9 Å². The van der Waals surface area contributed by atoms with E-state index in [1.54, 1.807) is 15.9 Å². The molecule has 1 aliphatic rings. The van der Waals surface area contributed by atoms with Crippen molar-refractivity contribution in [2.45, 2.75) is 26.3 Å². The van der Waals surface area contributed by atoms with E-state index in [-0.39, 0.29) is 5.56 Å². The summed E-state index contributed by atoms with van der Waals surface area (Å²) < 4.78 is 1.69. The number of fused-ring (bicyclic) bond motifs is 3. The summed E-state index contributed by atoms with van der Waals surface area (Å²) in [5, 5.41) is 4.19. The second-order valence-corrected chi connectivity index (χ2v) is 5.44. The van der Waals surface area contributed by atoms with E-state index in [1.807, 2.05) is 14.0 Å². The monoisotopic (exact) mass is 249 g/mol. The van der Waals surface area contributed by atoms with E-state index in [9.17, 15) is 4.79 Å². The molecule has 17 heavy (non-hydrogen) atoms. The minimum atomic E-state index is 0.117. The lowest BCUT2D eigenvalue weighted by Gasteiger charge is -2.12. The molecular weight excluding hydrogens is 234 g/mol. The Bertz CT molecular complexity index is 641. The van der Waals surface area contributed by atoms with Crippen molar-refractivity contribution < 1.29 is 0 Å². The van der Waals surface area contributed by atoms with Crippen LogP contribution in [0.5, 0.6) is 0 Å². The molecule has 0 saturated heterocycles. The Kier molecular flexibility index (Phi) is 2.52. The van der Waals surface area contributed by atoms with Crippen molar-refractivity contribution >= 4 is 21.6 Å². The first-order valence-electron chi connectivity index (χ1n) is 5.93. The quantitative estimate of drug-likeness (QED) is 0.826. The largest absolute Gasteiger partial charge is 0.312 e. The molecule has 90 valence electrons. The highest BCUT2D eigenvalue weighted by Crippen LogP contribution is 2.29. The molecule has 0 amide bonds. The summed E-state index contributed by atoms with van der Waals surface area (Å²) in [5.74, 6) is 0.869. The maximum absolute atomic E-state index is 12.4. The first-order valence-corrected chi connectivity index (χ1v) is 6.75. The summed E-state index contributed by atoms with van der Waals surface area (Å²) in [4.78, 5) is 19.2. The molecule has 2 aromatic rings. The van der Waals surface area contributed by atoms with E-state index < -0.39 is 0 Å². The van der Waals surface area contributed by atoms with Gasteiger partial charge in [0.1, 0.15) is 10.7 Å². The third-order valence-corrected chi connectivity index (χ3v) is 4.49. The zero-order chi connectivity index (χ0) is 12.0.